The maximum atomic E-state index is 13.8. The van der Waals surface area contributed by atoms with Gasteiger partial charge in [0.05, 0.1) is 7.11 Å². The Balaban J connectivity index is 1.74. The lowest BCUT2D eigenvalue weighted by molar-refractivity contribution is 0.220. The summed E-state index contributed by atoms with van der Waals surface area (Å²) in [5.41, 5.74) is 1.31. The second kappa shape index (κ2) is 5.10. The first kappa shape index (κ1) is 12.9. The molecule has 0 spiro atoms. The lowest BCUT2D eigenvalue weighted by Crippen LogP contribution is -2.46. The van der Waals surface area contributed by atoms with E-state index in [0.29, 0.717) is 5.75 Å². The first-order chi connectivity index (χ1) is 9.23. The summed E-state index contributed by atoms with van der Waals surface area (Å²) < 4.78 is 18.8. The second-order valence-corrected chi connectivity index (χ2v) is 5.66. The quantitative estimate of drug-likeness (QED) is 0.897. The van der Waals surface area contributed by atoms with E-state index in [4.69, 9.17) is 4.74 Å². The number of hydrogen-bond acceptors (Lipinski definition) is 3. The lowest BCUT2D eigenvalue weighted by atomic mass is 9.94. The molecule has 0 radical (unpaired) electrons. The van der Waals surface area contributed by atoms with Crippen LogP contribution in [0.5, 0.6) is 5.75 Å². The van der Waals surface area contributed by atoms with Crippen LogP contribution in [0.3, 0.4) is 0 Å². The minimum atomic E-state index is -0.244. The summed E-state index contributed by atoms with van der Waals surface area (Å²) >= 11 is 0. The monoisotopic (exact) mass is 264 g/mol. The van der Waals surface area contributed by atoms with Crippen LogP contribution in [0, 0.1) is 5.82 Å². The molecule has 1 heterocycles. The summed E-state index contributed by atoms with van der Waals surface area (Å²) in [6.45, 7) is 5.38. The molecule has 1 N–H and O–H groups in total. The third-order valence-corrected chi connectivity index (χ3v) is 4.35. The highest BCUT2D eigenvalue weighted by Gasteiger charge is 2.45. The summed E-state index contributed by atoms with van der Waals surface area (Å²) in [5.74, 6) is 0.0910. The van der Waals surface area contributed by atoms with Gasteiger partial charge in [-0.1, -0.05) is 6.07 Å². The van der Waals surface area contributed by atoms with Gasteiger partial charge in [-0.25, -0.2) is 4.39 Å². The average molecular weight is 264 g/mol. The normalized spacial score (nSPS) is 22.2. The Labute approximate surface area is 113 Å². The van der Waals surface area contributed by atoms with E-state index in [1.54, 1.807) is 12.1 Å². The molecule has 1 aromatic carbocycles. The van der Waals surface area contributed by atoms with Gasteiger partial charge in [-0.3, -0.25) is 4.90 Å². The minimum Gasteiger partial charge on any atom is -0.494 e. The number of rotatable bonds is 4. The van der Waals surface area contributed by atoms with Crippen LogP contribution in [-0.4, -0.2) is 44.7 Å². The molecule has 104 valence electrons. The van der Waals surface area contributed by atoms with Crippen molar-refractivity contribution in [3.05, 3.63) is 29.6 Å². The molecular weight excluding hydrogens is 243 g/mol. The first-order valence-electron chi connectivity index (χ1n) is 7.01. The maximum absolute atomic E-state index is 13.8. The molecule has 0 amide bonds. The zero-order chi connectivity index (χ0) is 13.3. The number of halogens is 1. The molecule has 1 aromatic rings. The molecule has 2 aliphatic rings. The van der Waals surface area contributed by atoms with Crippen molar-refractivity contribution >= 4 is 0 Å². The van der Waals surface area contributed by atoms with Crippen molar-refractivity contribution in [2.24, 2.45) is 0 Å². The van der Waals surface area contributed by atoms with Crippen molar-refractivity contribution in [1.82, 2.24) is 10.2 Å². The van der Waals surface area contributed by atoms with Gasteiger partial charge >= 0.3 is 0 Å². The number of benzene rings is 1. The molecule has 2 fully saturated rings. The molecule has 3 nitrogen and oxygen atoms in total. The second-order valence-electron chi connectivity index (χ2n) is 5.66. The average Bonchev–Trinajstić information content (AvgIpc) is 3.21. The standard InChI is InChI=1S/C15H21FN2O/c1-19-14-3-2-12(10-13(14)16)15(4-5-15)11-18-8-6-17-7-9-18/h2-3,10,17H,4-9,11H2,1H3. The fourth-order valence-corrected chi connectivity index (χ4v) is 2.98. The Kier molecular flexibility index (Phi) is 3.46. The van der Waals surface area contributed by atoms with Gasteiger partial charge in [0.2, 0.25) is 0 Å². The number of ether oxygens (including phenoxy) is 1. The van der Waals surface area contributed by atoms with Gasteiger partial charge in [0, 0.05) is 38.1 Å². The van der Waals surface area contributed by atoms with Crippen molar-refractivity contribution in [1.29, 1.82) is 0 Å². The van der Waals surface area contributed by atoms with Gasteiger partial charge in [-0.05, 0) is 30.5 Å². The largest absolute Gasteiger partial charge is 0.494 e. The van der Waals surface area contributed by atoms with Crippen molar-refractivity contribution in [3.8, 4) is 5.75 Å². The van der Waals surface area contributed by atoms with Crippen LogP contribution in [0.15, 0.2) is 18.2 Å². The van der Waals surface area contributed by atoms with E-state index in [-0.39, 0.29) is 11.2 Å². The molecule has 1 saturated carbocycles. The molecule has 3 rings (SSSR count). The molecule has 1 saturated heterocycles. The molecule has 0 bridgehead atoms. The molecular formula is C15H21FN2O. The van der Waals surface area contributed by atoms with E-state index in [2.05, 4.69) is 10.2 Å². The third-order valence-electron chi connectivity index (χ3n) is 4.35. The summed E-state index contributed by atoms with van der Waals surface area (Å²) in [5, 5.41) is 3.37. The summed E-state index contributed by atoms with van der Waals surface area (Å²) in [4.78, 5) is 2.49. The lowest BCUT2D eigenvalue weighted by Gasteiger charge is -2.31. The molecule has 0 atom stereocenters. The highest BCUT2D eigenvalue weighted by Crippen LogP contribution is 2.49. The summed E-state index contributed by atoms with van der Waals surface area (Å²) in [7, 11) is 1.51. The minimum absolute atomic E-state index is 0.185. The van der Waals surface area contributed by atoms with Crippen molar-refractivity contribution < 1.29 is 9.13 Å². The number of hydrogen-bond donors (Lipinski definition) is 1. The maximum Gasteiger partial charge on any atom is 0.165 e. The number of nitrogens with one attached hydrogen (secondary N) is 1. The van der Waals surface area contributed by atoms with Crippen LogP contribution in [0.2, 0.25) is 0 Å². The predicted octanol–water partition coefficient (Wildman–Crippen LogP) is 1.77. The molecule has 19 heavy (non-hydrogen) atoms. The first-order valence-corrected chi connectivity index (χ1v) is 7.01. The smallest absolute Gasteiger partial charge is 0.165 e. The van der Waals surface area contributed by atoms with E-state index < -0.39 is 0 Å². The highest BCUT2D eigenvalue weighted by molar-refractivity contribution is 5.37. The van der Waals surface area contributed by atoms with Crippen LogP contribution in [0.1, 0.15) is 18.4 Å². The zero-order valence-electron chi connectivity index (χ0n) is 11.4. The fourth-order valence-electron chi connectivity index (χ4n) is 2.98. The number of piperazine rings is 1. The third kappa shape index (κ3) is 2.60. The number of methoxy groups -OCH3 is 1. The fraction of sp³-hybridized carbons (Fsp3) is 0.600. The summed E-state index contributed by atoms with van der Waals surface area (Å²) in [6.07, 6.45) is 2.34. The van der Waals surface area contributed by atoms with Gasteiger partial charge in [-0.15, -0.1) is 0 Å². The van der Waals surface area contributed by atoms with Gasteiger partial charge in [0.1, 0.15) is 0 Å². The topological polar surface area (TPSA) is 24.5 Å². The zero-order valence-corrected chi connectivity index (χ0v) is 11.4. The molecule has 4 heteroatoms. The molecule has 1 aliphatic heterocycles. The Bertz CT molecular complexity index is 453. The Hall–Kier alpha value is -1.13. The van der Waals surface area contributed by atoms with Gasteiger partial charge in [0.25, 0.3) is 0 Å². The van der Waals surface area contributed by atoms with Crippen LogP contribution in [-0.2, 0) is 5.41 Å². The van der Waals surface area contributed by atoms with Crippen LogP contribution >= 0.6 is 0 Å². The SMILES string of the molecule is COc1ccc(C2(CN3CCNCC3)CC2)cc1F. The van der Waals surface area contributed by atoms with Crippen molar-refractivity contribution in [2.75, 3.05) is 39.8 Å². The molecule has 1 aliphatic carbocycles. The van der Waals surface area contributed by atoms with Gasteiger partial charge < -0.3 is 10.1 Å². The van der Waals surface area contributed by atoms with E-state index in [1.165, 1.54) is 20.0 Å². The summed E-state index contributed by atoms with van der Waals surface area (Å²) in [6, 6.07) is 5.44. The van der Waals surface area contributed by atoms with E-state index in [1.807, 2.05) is 6.07 Å². The highest BCUT2D eigenvalue weighted by atomic mass is 19.1. The van der Waals surface area contributed by atoms with E-state index in [9.17, 15) is 4.39 Å². The van der Waals surface area contributed by atoms with Crippen LogP contribution < -0.4 is 10.1 Å². The van der Waals surface area contributed by atoms with Gasteiger partial charge in [0.15, 0.2) is 11.6 Å². The van der Waals surface area contributed by atoms with Crippen molar-refractivity contribution in [2.45, 2.75) is 18.3 Å². The number of nitrogens with zero attached hydrogens (tertiary/aromatic N) is 1. The Morgan fingerprint density at radius 2 is 2.05 bits per heavy atom. The van der Waals surface area contributed by atoms with E-state index in [0.717, 1.165) is 38.3 Å². The Morgan fingerprint density at radius 3 is 2.63 bits per heavy atom. The van der Waals surface area contributed by atoms with E-state index >= 15 is 0 Å². The van der Waals surface area contributed by atoms with Crippen LogP contribution in [0.4, 0.5) is 4.39 Å². The van der Waals surface area contributed by atoms with Gasteiger partial charge in [-0.2, -0.15) is 0 Å². The predicted molar refractivity (Wildman–Crippen MR) is 73.2 cm³/mol. The molecule has 0 unspecified atom stereocenters. The Morgan fingerprint density at radius 1 is 1.32 bits per heavy atom. The van der Waals surface area contributed by atoms with Crippen molar-refractivity contribution in [3.63, 3.8) is 0 Å². The molecule has 0 aromatic heterocycles. The van der Waals surface area contributed by atoms with Crippen LogP contribution in [0.25, 0.3) is 0 Å².